The number of ether oxygens (including phenoxy) is 2. The maximum absolute atomic E-state index is 14.4. The van der Waals surface area contributed by atoms with E-state index in [9.17, 15) is 44.7 Å². The van der Waals surface area contributed by atoms with Crippen molar-refractivity contribution in [1.82, 2.24) is 15.1 Å². The molecule has 4 heterocycles. The molecule has 0 radical (unpaired) electrons. The van der Waals surface area contributed by atoms with Crippen molar-refractivity contribution in [2.75, 3.05) is 13.1 Å². The lowest BCUT2D eigenvalue weighted by atomic mass is 9.84. The number of hydrogen-bond acceptors (Lipinski definition) is 11. The number of benzene rings is 2. The number of carboxylic acid groups (broad SMARTS) is 1. The van der Waals surface area contributed by atoms with Crippen molar-refractivity contribution in [3.8, 4) is 23.0 Å². The van der Waals surface area contributed by atoms with E-state index in [1.165, 1.54) is 39.3 Å². The Morgan fingerprint density at radius 1 is 0.754 bits per heavy atom. The quantitative estimate of drug-likeness (QED) is 0.0606. The van der Waals surface area contributed by atoms with Crippen molar-refractivity contribution in [3.63, 3.8) is 0 Å². The molecule has 3 amide bonds. The first kappa shape index (κ1) is 52.7. The molecule has 0 saturated carbocycles. The average molecular weight is 955 g/mol. The number of nitrogens with one attached hydrogen (secondary N) is 1. The smallest absolute Gasteiger partial charge is 0.327 e. The van der Waals surface area contributed by atoms with Gasteiger partial charge in [-0.1, -0.05) is 46.6 Å². The summed E-state index contributed by atoms with van der Waals surface area (Å²) >= 11 is 0. The zero-order valence-electron chi connectivity index (χ0n) is 41.7. The fraction of sp³-hybridized carbons (Fsp3) is 0.556. The van der Waals surface area contributed by atoms with Gasteiger partial charge in [-0.3, -0.25) is 14.4 Å². The van der Waals surface area contributed by atoms with Gasteiger partial charge in [0, 0.05) is 48.2 Å². The maximum Gasteiger partial charge on any atom is 0.327 e. The first-order valence-electron chi connectivity index (χ1n) is 24.5. The number of hydrogen-bond donors (Lipinski definition) is 7. The SMILES string of the molecule is CC(C)=CCC/C(C)=C/CC[C@@]1(C)Oc2c(c(O)cc3c2CN(CCC[C@@H](C(=O)NC(CN)C(=O)O)N2Cc4c(cc(O)c5c4O[C@](C)(CC/C=C(\C)CCC=C(C)C)[C@@H](O)C5)C2=O)C3=O)C[C@@H]1O. The van der Waals surface area contributed by atoms with E-state index in [0.29, 0.717) is 53.7 Å². The van der Waals surface area contributed by atoms with E-state index in [0.717, 1.165) is 25.7 Å². The molecule has 6 atom stereocenters. The van der Waals surface area contributed by atoms with Crippen LogP contribution >= 0.6 is 0 Å². The highest BCUT2D eigenvalue weighted by Gasteiger charge is 2.47. The molecule has 1 unspecified atom stereocenters. The van der Waals surface area contributed by atoms with Crippen molar-refractivity contribution in [2.24, 2.45) is 5.73 Å². The van der Waals surface area contributed by atoms with Gasteiger partial charge in [0.15, 0.2) is 0 Å². The predicted octanol–water partition coefficient (Wildman–Crippen LogP) is 7.44. The number of allylic oxidation sites excluding steroid dienone is 8. The molecule has 2 aromatic rings. The highest BCUT2D eigenvalue weighted by atomic mass is 16.5. The van der Waals surface area contributed by atoms with E-state index in [1.54, 1.807) is 4.90 Å². The summed E-state index contributed by atoms with van der Waals surface area (Å²) in [5.41, 5.74) is 10.9. The molecule has 0 aromatic heterocycles. The van der Waals surface area contributed by atoms with Crippen molar-refractivity contribution >= 4 is 23.7 Å². The van der Waals surface area contributed by atoms with Crippen LogP contribution in [0.15, 0.2) is 58.7 Å². The van der Waals surface area contributed by atoms with E-state index >= 15 is 0 Å². The van der Waals surface area contributed by atoms with E-state index in [-0.39, 0.29) is 79.6 Å². The van der Waals surface area contributed by atoms with Gasteiger partial charge >= 0.3 is 5.97 Å². The normalized spacial score (nSPS) is 22.7. The van der Waals surface area contributed by atoms with Crippen molar-refractivity contribution < 1.29 is 54.2 Å². The average Bonchev–Trinajstić information content (AvgIpc) is 3.76. The van der Waals surface area contributed by atoms with Crippen LogP contribution < -0.4 is 20.5 Å². The number of carboxylic acids is 1. The fourth-order valence-electron chi connectivity index (χ4n) is 9.90. The van der Waals surface area contributed by atoms with Crippen LogP contribution in [0.1, 0.15) is 163 Å². The zero-order chi connectivity index (χ0) is 50.5. The molecular weight excluding hydrogens is 881 g/mol. The number of aromatic hydroxyl groups is 2. The zero-order valence-corrected chi connectivity index (χ0v) is 41.7. The number of aliphatic hydroxyl groups excluding tert-OH is 2. The molecule has 376 valence electrons. The van der Waals surface area contributed by atoms with Crippen LogP contribution in [0.2, 0.25) is 0 Å². The molecule has 0 saturated heterocycles. The second-order valence-electron chi connectivity index (χ2n) is 20.5. The number of nitrogens with zero attached hydrogens (tertiary/aromatic N) is 2. The third-order valence-electron chi connectivity index (χ3n) is 14.4. The van der Waals surface area contributed by atoms with E-state index in [4.69, 9.17) is 15.2 Å². The molecule has 15 nitrogen and oxygen atoms in total. The van der Waals surface area contributed by atoms with Gasteiger partial charge in [-0.25, -0.2) is 4.79 Å². The number of carbonyl (C=O) groups excluding carboxylic acids is 3. The molecule has 4 aliphatic rings. The standard InChI is InChI=1S/C54H74N4O11/c1-31(2)14-9-16-33(5)18-11-21-53(7)45(61)26-37-43(59)24-35-39(47(37)68-53)29-57(50(35)64)23-13-20-42(49(63)56-41(28-55)52(66)67)58-30-40-36(51(58)65)25-44(60)38-27-46(62)54(8,69-48(38)40)22-12-19-34(6)17-10-15-32(3)4/h14-15,18-19,24-25,41-42,45-46,59-62H,9-13,16-17,20-23,26-30,55H2,1-8H3,(H,56,63)(H,66,67)/b33-18+,34-19+/t41?,42-,45-,46-,53+,54+/m0/s1. The number of phenolic OH excluding ortho intramolecular Hbond substituents is 2. The highest BCUT2D eigenvalue weighted by molar-refractivity contribution is 6.03. The minimum Gasteiger partial charge on any atom is -0.508 e. The molecule has 6 rings (SSSR count). The van der Waals surface area contributed by atoms with Gasteiger partial charge in [-0.15, -0.1) is 0 Å². The van der Waals surface area contributed by atoms with E-state index < -0.39 is 59.8 Å². The number of nitrogens with two attached hydrogens (primary N) is 1. The number of amides is 3. The molecule has 0 fully saturated rings. The summed E-state index contributed by atoms with van der Waals surface area (Å²) in [6.07, 6.45) is 13.3. The fourth-order valence-corrected chi connectivity index (χ4v) is 9.90. The topological polar surface area (TPSA) is 232 Å². The lowest BCUT2D eigenvalue weighted by Gasteiger charge is -2.41. The molecule has 0 aliphatic carbocycles. The molecule has 0 spiro atoms. The Bertz CT molecular complexity index is 2430. The molecular formula is C54H74N4O11. The summed E-state index contributed by atoms with van der Waals surface area (Å²) in [6, 6.07) is 0.0902. The number of aliphatic hydroxyl groups is 2. The van der Waals surface area contributed by atoms with E-state index in [2.05, 4.69) is 71.2 Å². The maximum atomic E-state index is 14.4. The number of carbonyl (C=O) groups is 4. The van der Waals surface area contributed by atoms with Crippen LogP contribution in [0.3, 0.4) is 0 Å². The third kappa shape index (κ3) is 11.9. The van der Waals surface area contributed by atoms with Gasteiger partial charge in [0.05, 0.1) is 36.4 Å². The van der Waals surface area contributed by atoms with Gasteiger partial charge in [0.25, 0.3) is 11.8 Å². The summed E-state index contributed by atoms with van der Waals surface area (Å²) in [5, 5.41) is 57.3. The Labute approximate surface area is 406 Å². The number of aliphatic carboxylic acids is 1. The predicted molar refractivity (Wildman–Crippen MR) is 263 cm³/mol. The van der Waals surface area contributed by atoms with Crippen LogP contribution in [0, 0.1) is 0 Å². The third-order valence-corrected chi connectivity index (χ3v) is 14.4. The number of phenols is 2. The second-order valence-corrected chi connectivity index (χ2v) is 20.5. The van der Waals surface area contributed by atoms with Gasteiger partial charge in [-0.2, -0.15) is 0 Å². The minimum atomic E-state index is -1.43. The Morgan fingerprint density at radius 2 is 1.23 bits per heavy atom. The Morgan fingerprint density at radius 3 is 1.70 bits per heavy atom. The number of rotatable bonds is 21. The second kappa shape index (κ2) is 22.0. The first-order valence-corrected chi connectivity index (χ1v) is 24.5. The summed E-state index contributed by atoms with van der Waals surface area (Å²) in [7, 11) is 0. The number of fused-ring (bicyclic) bond motifs is 6. The minimum absolute atomic E-state index is 0.0127. The highest BCUT2D eigenvalue weighted by Crippen LogP contribution is 2.48. The summed E-state index contributed by atoms with van der Waals surface area (Å²) in [4.78, 5) is 57.4. The van der Waals surface area contributed by atoms with Crippen LogP contribution in [0.4, 0.5) is 0 Å². The Balaban J connectivity index is 1.19. The first-order chi connectivity index (χ1) is 32.6. The molecule has 4 aliphatic heterocycles. The largest absolute Gasteiger partial charge is 0.508 e. The van der Waals surface area contributed by atoms with Crippen LogP contribution in [-0.4, -0.2) is 108 Å². The van der Waals surface area contributed by atoms with Gasteiger partial charge in [-0.05, 0) is 132 Å². The lowest BCUT2D eigenvalue weighted by Crippen LogP contribution is -2.54. The Hall–Kier alpha value is -5.64. The molecule has 8 N–H and O–H groups in total. The summed E-state index contributed by atoms with van der Waals surface area (Å²) in [6.45, 7) is 15.9. The summed E-state index contributed by atoms with van der Waals surface area (Å²) in [5.74, 6) is -2.72. The van der Waals surface area contributed by atoms with Crippen LogP contribution in [-0.2, 0) is 35.5 Å². The van der Waals surface area contributed by atoms with Gasteiger partial charge < -0.3 is 55.9 Å². The van der Waals surface area contributed by atoms with Crippen molar-refractivity contribution in [2.45, 2.75) is 181 Å². The Kier molecular flexibility index (Phi) is 16.8. The lowest BCUT2D eigenvalue weighted by molar-refractivity contribution is -0.142. The van der Waals surface area contributed by atoms with Crippen LogP contribution in [0.25, 0.3) is 0 Å². The molecule has 15 heteroatoms. The van der Waals surface area contributed by atoms with E-state index in [1.807, 2.05) is 13.8 Å². The van der Waals surface area contributed by atoms with Gasteiger partial charge in [0.2, 0.25) is 5.91 Å². The molecule has 69 heavy (non-hydrogen) atoms. The summed E-state index contributed by atoms with van der Waals surface area (Å²) < 4.78 is 13.2. The van der Waals surface area contributed by atoms with Gasteiger partial charge in [0.1, 0.15) is 46.3 Å². The molecule has 2 aromatic carbocycles. The van der Waals surface area contributed by atoms with Crippen LogP contribution in [0.5, 0.6) is 23.0 Å². The monoisotopic (exact) mass is 955 g/mol. The van der Waals surface area contributed by atoms with Crippen molar-refractivity contribution in [1.29, 1.82) is 0 Å². The molecule has 0 bridgehead atoms. The van der Waals surface area contributed by atoms with Crippen molar-refractivity contribution in [3.05, 3.63) is 92.1 Å².